The van der Waals surface area contributed by atoms with Crippen molar-refractivity contribution in [2.75, 3.05) is 19.6 Å². The molecular weight excluding hydrogens is 242 g/mol. The van der Waals surface area contributed by atoms with E-state index in [1.807, 2.05) is 18.7 Å². The van der Waals surface area contributed by atoms with Crippen LogP contribution in [0.3, 0.4) is 0 Å². The average molecular weight is 267 g/mol. The predicted molar refractivity (Wildman–Crippen MR) is 73.6 cm³/mol. The van der Waals surface area contributed by atoms with Crippen molar-refractivity contribution in [3.05, 3.63) is 0 Å². The van der Waals surface area contributed by atoms with E-state index in [2.05, 4.69) is 10.6 Å². The molecule has 0 spiro atoms. The summed E-state index contributed by atoms with van der Waals surface area (Å²) in [5, 5.41) is 6.15. The largest absolute Gasteiger partial charge is 0.352 e. The molecule has 5 nitrogen and oxygen atoms in total. The lowest BCUT2D eigenvalue weighted by atomic mass is 10.0. The van der Waals surface area contributed by atoms with E-state index in [4.69, 9.17) is 0 Å². The second-order valence-corrected chi connectivity index (χ2v) is 5.98. The number of rotatable bonds is 5. The number of carbonyl (C=O) groups is 2. The van der Waals surface area contributed by atoms with Gasteiger partial charge in [-0.1, -0.05) is 13.8 Å². The minimum atomic E-state index is 0.0562. The van der Waals surface area contributed by atoms with Crippen LogP contribution < -0.4 is 10.6 Å². The SMILES string of the molecule is CC(C)NCC(=O)NC1CCN(C(=O)C2CC2)CC1. The van der Waals surface area contributed by atoms with Gasteiger partial charge in [-0.15, -0.1) is 0 Å². The summed E-state index contributed by atoms with van der Waals surface area (Å²) >= 11 is 0. The summed E-state index contributed by atoms with van der Waals surface area (Å²) in [6.07, 6.45) is 3.89. The lowest BCUT2D eigenvalue weighted by Gasteiger charge is -2.32. The summed E-state index contributed by atoms with van der Waals surface area (Å²) in [6, 6.07) is 0.550. The van der Waals surface area contributed by atoms with Crippen LogP contribution in [0.5, 0.6) is 0 Å². The topological polar surface area (TPSA) is 61.4 Å². The second-order valence-electron chi connectivity index (χ2n) is 5.98. The molecule has 0 aromatic carbocycles. The van der Waals surface area contributed by atoms with Crippen molar-refractivity contribution in [2.24, 2.45) is 5.92 Å². The van der Waals surface area contributed by atoms with Crippen LogP contribution in [0.1, 0.15) is 39.5 Å². The number of likely N-dealkylation sites (tertiary alicyclic amines) is 1. The quantitative estimate of drug-likeness (QED) is 0.762. The fourth-order valence-corrected chi connectivity index (χ4v) is 2.41. The van der Waals surface area contributed by atoms with Gasteiger partial charge in [0.05, 0.1) is 6.54 Å². The van der Waals surface area contributed by atoms with Gasteiger partial charge in [-0.25, -0.2) is 0 Å². The molecule has 0 aromatic heterocycles. The van der Waals surface area contributed by atoms with E-state index in [9.17, 15) is 9.59 Å². The Labute approximate surface area is 115 Å². The molecule has 1 saturated carbocycles. The molecule has 0 bridgehead atoms. The van der Waals surface area contributed by atoms with Gasteiger partial charge in [0.1, 0.15) is 0 Å². The molecule has 2 fully saturated rings. The zero-order valence-corrected chi connectivity index (χ0v) is 11.9. The number of carbonyl (C=O) groups excluding carboxylic acids is 2. The van der Waals surface area contributed by atoms with Crippen LogP contribution in [0.15, 0.2) is 0 Å². The zero-order chi connectivity index (χ0) is 13.8. The highest BCUT2D eigenvalue weighted by molar-refractivity contribution is 5.81. The van der Waals surface area contributed by atoms with Crippen LogP contribution in [0.2, 0.25) is 0 Å². The maximum atomic E-state index is 11.9. The molecule has 0 aromatic rings. The minimum Gasteiger partial charge on any atom is -0.352 e. The molecule has 19 heavy (non-hydrogen) atoms. The van der Waals surface area contributed by atoms with E-state index in [1.54, 1.807) is 0 Å². The maximum absolute atomic E-state index is 11.9. The Morgan fingerprint density at radius 3 is 2.32 bits per heavy atom. The number of amides is 2. The monoisotopic (exact) mass is 267 g/mol. The average Bonchev–Trinajstić information content (AvgIpc) is 3.21. The van der Waals surface area contributed by atoms with Crippen molar-refractivity contribution in [1.82, 2.24) is 15.5 Å². The zero-order valence-electron chi connectivity index (χ0n) is 11.9. The Balaban J connectivity index is 1.65. The third-order valence-electron chi connectivity index (χ3n) is 3.77. The van der Waals surface area contributed by atoms with Crippen LogP contribution in [-0.2, 0) is 9.59 Å². The van der Waals surface area contributed by atoms with Gasteiger partial charge >= 0.3 is 0 Å². The van der Waals surface area contributed by atoms with E-state index in [0.717, 1.165) is 38.8 Å². The normalized spacial score (nSPS) is 20.7. The van der Waals surface area contributed by atoms with Gasteiger partial charge in [-0.05, 0) is 25.7 Å². The first kappa shape index (κ1) is 14.3. The summed E-state index contributed by atoms with van der Waals surface area (Å²) in [6.45, 7) is 6.00. The summed E-state index contributed by atoms with van der Waals surface area (Å²) in [5.74, 6) is 0.688. The first-order valence-electron chi connectivity index (χ1n) is 7.38. The number of nitrogens with zero attached hydrogens (tertiary/aromatic N) is 1. The molecule has 5 heteroatoms. The molecule has 2 aliphatic rings. The van der Waals surface area contributed by atoms with Crippen molar-refractivity contribution in [2.45, 2.75) is 51.6 Å². The Morgan fingerprint density at radius 2 is 1.79 bits per heavy atom. The highest BCUT2D eigenvalue weighted by atomic mass is 16.2. The van der Waals surface area contributed by atoms with E-state index in [1.165, 1.54) is 0 Å². The molecule has 1 heterocycles. The fourth-order valence-electron chi connectivity index (χ4n) is 2.41. The molecule has 108 valence electrons. The number of piperidine rings is 1. The highest BCUT2D eigenvalue weighted by Crippen LogP contribution is 2.31. The lowest BCUT2D eigenvalue weighted by molar-refractivity contribution is -0.133. The van der Waals surface area contributed by atoms with Gasteiger partial charge < -0.3 is 15.5 Å². The van der Waals surface area contributed by atoms with Gasteiger partial charge in [0.2, 0.25) is 11.8 Å². The number of nitrogens with one attached hydrogen (secondary N) is 2. The van der Waals surface area contributed by atoms with E-state index in [-0.39, 0.29) is 11.9 Å². The lowest BCUT2D eigenvalue weighted by Crippen LogP contribution is -2.49. The van der Waals surface area contributed by atoms with Crippen LogP contribution in [-0.4, -0.2) is 48.4 Å². The third kappa shape index (κ3) is 4.49. The number of hydrogen-bond donors (Lipinski definition) is 2. The Hall–Kier alpha value is -1.10. The highest BCUT2D eigenvalue weighted by Gasteiger charge is 2.34. The summed E-state index contributed by atoms with van der Waals surface area (Å²) in [7, 11) is 0. The van der Waals surface area contributed by atoms with Crippen molar-refractivity contribution >= 4 is 11.8 Å². The maximum Gasteiger partial charge on any atom is 0.234 e. The molecule has 0 radical (unpaired) electrons. The summed E-state index contributed by atoms with van der Waals surface area (Å²) in [5.41, 5.74) is 0. The second kappa shape index (κ2) is 6.37. The van der Waals surface area contributed by atoms with Crippen molar-refractivity contribution in [1.29, 1.82) is 0 Å². The molecule has 1 aliphatic carbocycles. The van der Waals surface area contributed by atoms with E-state index in [0.29, 0.717) is 24.4 Å². The molecular formula is C14H25N3O2. The van der Waals surface area contributed by atoms with Gasteiger partial charge in [0, 0.05) is 31.1 Å². The first-order chi connectivity index (χ1) is 9.06. The molecule has 1 aliphatic heterocycles. The molecule has 2 rings (SSSR count). The number of hydrogen-bond acceptors (Lipinski definition) is 3. The standard InChI is InChI=1S/C14H25N3O2/c1-10(2)15-9-13(18)16-12-5-7-17(8-6-12)14(19)11-3-4-11/h10-12,15H,3-9H2,1-2H3,(H,16,18). The molecule has 0 unspecified atom stereocenters. The van der Waals surface area contributed by atoms with Gasteiger partial charge in [0.25, 0.3) is 0 Å². The molecule has 0 atom stereocenters. The van der Waals surface area contributed by atoms with Crippen molar-refractivity contribution in [3.63, 3.8) is 0 Å². The van der Waals surface area contributed by atoms with Crippen LogP contribution >= 0.6 is 0 Å². The third-order valence-corrected chi connectivity index (χ3v) is 3.77. The minimum absolute atomic E-state index is 0.0562. The van der Waals surface area contributed by atoms with E-state index >= 15 is 0 Å². The fraction of sp³-hybridized carbons (Fsp3) is 0.857. The van der Waals surface area contributed by atoms with Gasteiger partial charge in [0.15, 0.2) is 0 Å². The van der Waals surface area contributed by atoms with Crippen molar-refractivity contribution in [3.8, 4) is 0 Å². The Kier molecular flexibility index (Phi) is 4.80. The van der Waals surface area contributed by atoms with Crippen LogP contribution in [0, 0.1) is 5.92 Å². The van der Waals surface area contributed by atoms with Gasteiger partial charge in [-0.3, -0.25) is 9.59 Å². The van der Waals surface area contributed by atoms with E-state index < -0.39 is 0 Å². The summed E-state index contributed by atoms with van der Waals surface area (Å²) in [4.78, 5) is 25.6. The first-order valence-corrected chi connectivity index (χ1v) is 7.38. The predicted octanol–water partition coefficient (Wildman–Crippen LogP) is 0.502. The Bertz CT molecular complexity index is 332. The molecule has 2 amide bonds. The van der Waals surface area contributed by atoms with Crippen LogP contribution in [0.25, 0.3) is 0 Å². The Morgan fingerprint density at radius 1 is 1.16 bits per heavy atom. The smallest absolute Gasteiger partial charge is 0.234 e. The van der Waals surface area contributed by atoms with Crippen molar-refractivity contribution < 1.29 is 9.59 Å². The van der Waals surface area contributed by atoms with Gasteiger partial charge in [-0.2, -0.15) is 0 Å². The molecule has 2 N–H and O–H groups in total. The summed E-state index contributed by atoms with van der Waals surface area (Å²) < 4.78 is 0. The van der Waals surface area contributed by atoms with Crippen LogP contribution in [0.4, 0.5) is 0 Å². The molecule has 1 saturated heterocycles.